The number of esters is 1. The minimum Gasteiger partial charge on any atom is -0.464 e. The van der Waals surface area contributed by atoms with Crippen molar-refractivity contribution in [2.45, 2.75) is 20.4 Å². The lowest BCUT2D eigenvalue weighted by molar-refractivity contribution is -0.145. The molecule has 0 unspecified atom stereocenters. The largest absolute Gasteiger partial charge is 0.464 e. The highest BCUT2D eigenvalue weighted by Crippen LogP contribution is 2.21. The number of aromatic nitrogens is 4. The van der Waals surface area contributed by atoms with Crippen LogP contribution in [0.4, 0.5) is 5.82 Å². The van der Waals surface area contributed by atoms with Crippen LogP contribution in [0.2, 0.25) is 0 Å². The number of ether oxygens (including phenoxy) is 1. The highest BCUT2D eigenvalue weighted by Gasteiger charge is 2.16. The summed E-state index contributed by atoms with van der Waals surface area (Å²) in [6, 6.07) is 0. The summed E-state index contributed by atoms with van der Waals surface area (Å²) in [7, 11) is 0. The number of hydrogen-bond donors (Lipinski definition) is 1. The van der Waals surface area contributed by atoms with E-state index >= 15 is 0 Å². The topological polar surface area (TPSA) is 95.9 Å². The minimum absolute atomic E-state index is 0.0280. The number of nitrogen functional groups attached to an aromatic ring is 1. The lowest BCUT2D eigenvalue weighted by atomic mass is 10.2. The third kappa shape index (κ3) is 3.01. The first-order valence-corrected chi connectivity index (χ1v) is 6.56. The Morgan fingerprint density at radius 2 is 2.26 bits per heavy atom. The van der Waals surface area contributed by atoms with Gasteiger partial charge in [-0.3, -0.25) is 9.36 Å². The maximum Gasteiger partial charge on any atom is 0.326 e. The second-order valence-electron chi connectivity index (χ2n) is 4.47. The van der Waals surface area contributed by atoms with Crippen molar-refractivity contribution >= 4 is 38.9 Å². The molecular weight excluding hydrogens is 314 g/mol. The molecule has 0 atom stereocenters. The van der Waals surface area contributed by atoms with Crippen LogP contribution in [-0.4, -0.2) is 32.1 Å². The van der Waals surface area contributed by atoms with Gasteiger partial charge in [-0.1, -0.05) is 13.8 Å². The van der Waals surface area contributed by atoms with Crippen molar-refractivity contribution in [2.24, 2.45) is 5.92 Å². The van der Waals surface area contributed by atoms with Gasteiger partial charge < -0.3 is 10.5 Å². The molecule has 0 saturated heterocycles. The molecule has 0 fully saturated rings. The van der Waals surface area contributed by atoms with Crippen LogP contribution in [0.1, 0.15) is 13.8 Å². The Labute approximate surface area is 118 Å². The molecule has 0 aromatic carbocycles. The third-order valence-corrected chi connectivity index (χ3v) is 2.98. The molecular formula is C11H14BrN5O2. The van der Waals surface area contributed by atoms with Crippen molar-refractivity contribution in [1.29, 1.82) is 0 Å². The van der Waals surface area contributed by atoms with Crippen LogP contribution in [-0.2, 0) is 16.1 Å². The van der Waals surface area contributed by atoms with Crippen molar-refractivity contribution in [3.8, 4) is 0 Å². The fourth-order valence-electron chi connectivity index (χ4n) is 1.50. The monoisotopic (exact) mass is 327 g/mol. The summed E-state index contributed by atoms with van der Waals surface area (Å²) in [6.45, 7) is 4.37. The van der Waals surface area contributed by atoms with Gasteiger partial charge in [-0.15, -0.1) is 0 Å². The summed E-state index contributed by atoms with van der Waals surface area (Å²) in [6.07, 6.45) is 1.34. The van der Waals surface area contributed by atoms with E-state index in [1.54, 1.807) is 4.57 Å². The number of fused-ring (bicyclic) bond motifs is 1. The molecule has 0 amide bonds. The van der Waals surface area contributed by atoms with E-state index in [2.05, 4.69) is 30.9 Å². The van der Waals surface area contributed by atoms with Gasteiger partial charge in [-0.05, 0) is 21.8 Å². The number of anilines is 1. The molecule has 0 radical (unpaired) electrons. The SMILES string of the molecule is CC(C)COC(=O)Cn1c(Br)nc2c(N)ncnc21. The van der Waals surface area contributed by atoms with E-state index in [9.17, 15) is 4.79 Å². The standard InChI is InChI=1S/C11H14BrN5O2/c1-6(2)4-19-7(18)3-17-10-8(16-11(17)12)9(13)14-5-15-10/h5-6H,3-4H2,1-2H3,(H2,13,14,15). The summed E-state index contributed by atoms with van der Waals surface area (Å²) in [5.41, 5.74) is 6.67. The Bertz CT molecular complexity index is 610. The second-order valence-corrected chi connectivity index (χ2v) is 5.18. The molecule has 19 heavy (non-hydrogen) atoms. The van der Waals surface area contributed by atoms with Gasteiger partial charge in [0.25, 0.3) is 0 Å². The molecule has 2 N–H and O–H groups in total. The molecule has 7 nitrogen and oxygen atoms in total. The molecule has 0 spiro atoms. The van der Waals surface area contributed by atoms with Gasteiger partial charge in [0.15, 0.2) is 21.7 Å². The number of nitrogens with zero attached hydrogens (tertiary/aromatic N) is 4. The van der Waals surface area contributed by atoms with Gasteiger partial charge >= 0.3 is 5.97 Å². The first-order valence-electron chi connectivity index (χ1n) is 5.77. The highest BCUT2D eigenvalue weighted by atomic mass is 79.9. The fourth-order valence-corrected chi connectivity index (χ4v) is 1.97. The predicted octanol–water partition coefficient (Wildman–Crippen LogP) is 1.37. The predicted molar refractivity (Wildman–Crippen MR) is 73.2 cm³/mol. The molecule has 0 aliphatic carbocycles. The second kappa shape index (κ2) is 5.52. The number of imidazole rings is 1. The summed E-state index contributed by atoms with van der Waals surface area (Å²) >= 11 is 3.27. The van der Waals surface area contributed by atoms with E-state index in [0.29, 0.717) is 28.4 Å². The lowest BCUT2D eigenvalue weighted by Crippen LogP contribution is -2.16. The van der Waals surface area contributed by atoms with E-state index in [1.807, 2.05) is 13.8 Å². The first-order chi connectivity index (χ1) is 8.99. The molecule has 102 valence electrons. The van der Waals surface area contributed by atoms with E-state index in [0.717, 1.165) is 0 Å². The van der Waals surface area contributed by atoms with Gasteiger partial charge in [0.05, 0.1) is 6.61 Å². The van der Waals surface area contributed by atoms with E-state index < -0.39 is 0 Å². The van der Waals surface area contributed by atoms with Gasteiger partial charge in [0.2, 0.25) is 0 Å². The number of rotatable bonds is 4. The van der Waals surface area contributed by atoms with Crippen molar-refractivity contribution in [3.05, 3.63) is 11.1 Å². The first kappa shape index (κ1) is 13.7. The van der Waals surface area contributed by atoms with Crippen LogP contribution < -0.4 is 5.73 Å². The Kier molecular flexibility index (Phi) is 3.98. The van der Waals surface area contributed by atoms with Crippen LogP contribution in [0, 0.1) is 5.92 Å². The van der Waals surface area contributed by atoms with Gasteiger partial charge in [0.1, 0.15) is 12.9 Å². The van der Waals surface area contributed by atoms with Crippen LogP contribution in [0.3, 0.4) is 0 Å². The summed E-state index contributed by atoms with van der Waals surface area (Å²) < 4.78 is 7.19. The summed E-state index contributed by atoms with van der Waals surface area (Å²) in [5.74, 6) is 0.232. The number of carbonyl (C=O) groups excluding carboxylic acids is 1. The maximum absolute atomic E-state index is 11.7. The number of nitrogens with two attached hydrogens (primary N) is 1. The Morgan fingerprint density at radius 1 is 1.53 bits per heavy atom. The number of hydrogen-bond acceptors (Lipinski definition) is 6. The number of halogens is 1. The van der Waals surface area contributed by atoms with Crippen LogP contribution in [0.5, 0.6) is 0 Å². The van der Waals surface area contributed by atoms with Gasteiger partial charge in [-0.2, -0.15) is 0 Å². The molecule has 8 heteroatoms. The van der Waals surface area contributed by atoms with Crippen LogP contribution in [0.15, 0.2) is 11.1 Å². The zero-order chi connectivity index (χ0) is 14.0. The zero-order valence-corrected chi connectivity index (χ0v) is 12.2. The highest BCUT2D eigenvalue weighted by molar-refractivity contribution is 9.10. The van der Waals surface area contributed by atoms with Crippen molar-refractivity contribution < 1.29 is 9.53 Å². The van der Waals surface area contributed by atoms with Crippen molar-refractivity contribution in [1.82, 2.24) is 19.5 Å². The summed E-state index contributed by atoms with van der Waals surface area (Å²) in [4.78, 5) is 23.8. The third-order valence-electron chi connectivity index (χ3n) is 2.38. The average molecular weight is 328 g/mol. The Morgan fingerprint density at radius 3 is 2.95 bits per heavy atom. The van der Waals surface area contributed by atoms with E-state index in [1.165, 1.54) is 6.33 Å². The molecule has 2 rings (SSSR count). The van der Waals surface area contributed by atoms with Gasteiger partial charge in [0, 0.05) is 0 Å². The molecule has 2 aromatic rings. The normalized spacial score (nSPS) is 11.2. The summed E-state index contributed by atoms with van der Waals surface area (Å²) in [5, 5.41) is 0. The number of carbonyl (C=O) groups is 1. The maximum atomic E-state index is 11.7. The Balaban J connectivity index is 2.23. The van der Waals surface area contributed by atoms with Crippen molar-refractivity contribution in [3.63, 3.8) is 0 Å². The van der Waals surface area contributed by atoms with Crippen LogP contribution in [0.25, 0.3) is 11.2 Å². The minimum atomic E-state index is -0.342. The van der Waals surface area contributed by atoms with Gasteiger partial charge in [-0.25, -0.2) is 15.0 Å². The zero-order valence-electron chi connectivity index (χ0n) is 10.6. The molecule has 0 bridgehead atoms. The molecule has 0 aliphatic rings. The fraction of sp³-hybridized carbons (Fsp3) is 0.455. The van der Waals surface area contributed by atoms with E-state index in [4.69, 9.17) is 10.5 Å². The average Bonchev–Trinajstić information content (AvgIpc) is 2.66. The molecule has 2 heterocycles. The Hall–Kier alpha value is -1.70. The molecule has 2 aromatic heterocycles. The van der Waals surface area contributed by atoms with Crippen LogP contribution >= 0.6 is 15.9 Å². The quantitative estimate of drug-likeness (QED) is 0.673. The molecule has 0 saturated carbocycles. The smallest absolute Gasteiger partial charge is 0.326 e. The lowest BCUT2D eigenvalue weighted by Gasteiger charge is -2.08. The van der Waals surface area contributed by atoms with Crippen molar-refractivity contribution in [2.75, 3.05) is 12.3 Å². The molecule has 0 aliphatic heterocycles. The van der Waals surface area contributed by atoms with E-state index in [-0.39, 0.29) is 18.3 Å².